The summed E-state index contributed by atoms with van der Waals surface area (Å²) in [6.45, 7) is 2.02. The molecule has 0 saturated carbocycles. The number of esters is 1. The Bertz CT molecular complexity index is 648. The second kappa shape index (κ2) is 5.89. The number of nitrogens with one attached hydrogen (secondary N) is 1. The van der Waals surface area contributed by atoms with Crippen molar-refractivity contribution in [1.82, 2.24) is 4.98 Å². The third-order valence-electron chi connectivity index (χ3n) is 2.53. The highest BCUT2D eigenvalue weighted by atomic mass is 127. The molecule has 2 aromatic rings. The van der Waals surface area contributed by atoms with Gasteiger partial charge in [0.2, 0.25) is 0 Å². The number of nitrogen functional groups attached to an aromatic ring is 1. The minimum Gasteiger partial charge on any atom is -0.462 e. The van der Waals surface area contributed by atoms with Crippen LogP contribution >= 0.6 is 34.2 Å². The van der Waals surface area contributed by atoms with Crippen LogP contribution in [0, 0.1) is 3.57 Å². The highest BCUT2D eigenvalue weighted by Crippen LogP contribution is 2.31. The summed E-state index contributed by atoms with van der Waals surface area (Å²) in [6, 6.07) is 3.51. The average molecular weight is 392 g/mol. The lowest BCUT2D eigenvalue weighted by Crippen LogP contribution is -2.15. The highest BCUT2D eigenvalue weighted by Gasteiger charge is 2.17. The van der Waals surface area contributed by atoms with Gasteiger partial charge in [-0.25, -0.2) is 4.79 Å². The molecule has 7 heteroatoms. The van der Waals surface area contributed by atoms with Crippen molar-refractivity contribution in [2.24, 2.45) is 5.84 Å². The molecule has 1 aromatic carbocycles. The van der Waals surface area contributed by atoms with Gasteiger partial charge in [-0.1, -0.05) is 11.6 Å². The standard InChI is InChI=1S/C12H11ClIN3O2/c1-2-19-12(18)8-5-16-11-7(10(8)17-15)3-6(13)4-9(11)14/h3-5H,2,15H2,1H3,(H,16,17). The predicted octanol–water partition coefficient (Wildman–Crippen LogP) is 2.96. The van der Waals surface area contributed by atoms with E-state index in [1.54, 1.807) is 19.1 Å². The number of fused-ring (bicyclic) bond motifs is 1. The Morgan fingerprint density at radius 1 is 1.58 bits per heavy atom. The number of pyridine rings is 1. The van der Waals surface area contributed by atoms with E-state index in [0.717, 1.165) is 9.09 Å². The monoisotopic (exact) mass is 391 g/mol. The second-order valence-corrected chi connectivity index (χ2v) is 5.29. The Morgan fingerprint density at radius 3 is 2.95 bits per heavy atom. The molecule has 0 spiro atoms. The smallest absolute Gasteiger partial charge is 0.341 e. The van der Waals surface area contributed by atoms with Crippen LogP contribution < -0.4 is 11.3 Å². The maximum atomic E-state index is 11.8. The zero-order valence-electron chi connectivity index (χ0n) is 10.0. The average Bonchev–Trinajstić information content (AvgIpc) is 2.37. The molecule has 1 aromatic heterocycles. The summed E-state index contributed by atoms with van der Waals surface area (Å²) in [5.41, 5.74) is 4.01. The Balaban J connectivity index is 2.72. The van der Waals surface area contributed by atoms with Crippen molar-refractivity contribution in [2.45, 2.75) is 6.92 Å². The summed E-state index contributed by atoms with van der Waals surface area (Å²) >= 11 is 8.16. The van der Waals surface area contributed by atoms with E-state index in [-0.39, 0.29) is 12.2 Å². The van der Waals surface area contributed by atoms with E-state index in [2.05, 4.69) is 33.0 Å². The third-order valence-corrected chi connectivity index (χ3v) is 3.57. The fourth-order valence-corrected chi connectivity index (χ4v) is 2.91. The second-order valence-electron chi connectivity index (χ2n) is 3.70. The topological polar surface area (TPSA) is 77.2 Å². The van der Waals surface area contributed by atoms with Crippen LogP contribution in [-0.2, 0) is 4.74 Å². The predicted molar refractivity (Wildman–Crippen MR) is 83.2 cm³/mol. The molecule has 5 nitrogen and oxygen atoms in total. The van der Waals surface area contributed by atoms with Crippen LogP contribution in [-0.4, -0.2) is 17.6 Å². The van der Waals surface area contributed by atoms with Gasteiger partial charge in [0.1, 0.15) is 5.56 Å². The lowest BCUT2D eigenvalue weighted by atomic mass is 10.1. The van der Waals surface area contributed by atoms with Crippen molar-refractivity contribution >= 4 is 56.8 Å². The van der Waals surface area contributed by atoms with Crippen molar-refractivity contribution in [2.75, 3.05) is 12.0 Å². The fourth-order valence-electron chi connectivity index (χ4n) is 1.75. The molecule has 0 aliphatic heterocycles. The van der Waals surface area contributed by atoms with Gasteiger partial charge in [-0.15, -0.1) is 0 Å². The van der Waals surface area contributed by atoms with Crippen LogP contribution in [0.2, 0.25) is 5.02 Å². The first-order chi connectivity index (χ1) is 9.08. The van der Waals surface area contributed by atoms with Gasteiger partial charge in [-0.2, -0.15) is 0 Å². The number of rotatable bonds is 3. The van der Waals surface area contributed by atoms with Crippen molar-refractivity contribution in [3.05, 3.63) is 32.5 Å². The van der Waals surface area contributed by atoms with Crippen LogP contribution in [0.4, 0.5) is 5.69 Å². The number of carbonyl (C=O) groups excluding carboxylic acids is 1. The molecule has 2 rings (SSSR count). The Labute approximate surface area is 128 Å². The normalized spacial score (nSPS) is 10.5. The van der Waals surface area contributed by atoms with E-state index >= 15 is 0 Å². The number of hydrazine groups is 1. The van der Waals surface area contributed by atoms with Crippen molar-refractivity contribution in [3.63, 3.8) is 0 Å². The molecule has 0 unspecified atom stereocenters. The summed E-state index contributed by atoms with van der Waals surface area (Å²) < 4.78 is 5.85. The van der Waals surface area contributed by atoms with E-state index in [4.69, 9.17) is 22.2 Å². The fraction of sp³-hybridized carbons (Fsp3) is 0.167. The number of nitrogens with two attached hydrogens (primary N) is 1. The minimum atomic E-state index is -0.472. The number of nitrogens with zero attached hydrogens (tertiary/aromatic N) is 1. The van der Waals surface area contributed by atoms with Crippen LogP contribution in [0.1, 0.15) is 17.3 Å². The van der Waals surface area contributed by atoms with E-state index in [1.165, 1.54) is 6.20 Å². The maximum Gasteiger partial charge on any atom is 0.341 e. The summed E-state index contributed by atoms with van der Waals surface area (Å²) in [7, 11) is 0. The zero-order valence-corrected chi connectivity index (χ0v) is 12.9. The molecule has 0 bridgehead atoms. The molecule has 0 atom stereocenters. The van der Waals surface area contributed by atoms with Crippen molar-refractivity contribution in [1.29, 1.82) is 0 Å². The SMILES string of the molecule is CCOC(=O)c1cnc2c(I)cc(Cl)cc2c1NN. The molecule has 0 radical (unpaired) electrons. The largest absolute Gasteiger partial charge is 0.462 e. The van der Waals surface area contributed by atoms with Crippen LogP contribution in [0.25, 0.3) is 10.9 Å². The molecule has 0 amide bonds. The quantitative estimate of drug-likeness (QED) is 0.364. The number of hydrogen-bond acceptors (Lipinski definition) is 5. The maximum absolute atomic E-state index is 11.8. The summed E-state index contributed by atoms with van der Waals surface area (Å²) in [4.78, 5) is 16.1. The molecule has 1 heterocycles. The van der Waals surface area contributed by atoms with Gasteiger partial charge in [-0.05, 0) is 41.6 Å². The number of halogens is 2. The van der Waals surface area contributed by atoms with Gasteiger partial charge in [0, 0.05) is 20.2 Å². The first-order valence-corrected chi connectivity index (χ1v) is 6.95. The number of carbonyl (C=O) groups is 1. The Morgan fingerprint density at radius 2 is 2.32 bits per heavy atom. The number of hydrogen-bond donors (Lipinski definition) is 2. The molecule has 0 aliphatic carbocycles. The van der Waals surface area contributed by atoms with E-state index in [9.17, 15) is 4.79 Å². The zero-order chi connectivity index (χ0) is 14.0. The molecule has 0 saturated heterocycles. The first-order valence-electron chi connectivity index (χ1n) is 5.50. The molecular formula is C12H11ClIN3O2. The molecule has 0 fully saturated rings. The summed E-state index contributed by atoms with van der Waals surface area (Å²) in [6.07, 6.45) is 1.45. The van der Waals surface area contributed by atoms with Crippen LogP contribution in [0.5, 0.6) is 0 Å². The summed E-state index contributed by atoms with van der Waals surface area (Å²) in [5.74, 6) is 5.05. The number of ether oxygens (including phenoxy) is 1. The van der Waals surface area contributed by atoms with Gasteiger partial charge < -0.3 is 10.2 Å². The lowest BCUT2D eigenvalue weighted by Gasteiger charge is -2.12. The van der Waals surface area contributed by atoms with E-state index in [0.29, 0.717) is 16.1 Å². The van der Waals surface area contributed by atoms with Crippen LogP contribution in [0.15, 0.2) is 18.3 Å². The minimum absolute atomic E-state index is 0.286. The number of aromatic nitrogens is 1. The van der Waals surface area contributed by atoms with Crippen LogP contribution in [0.3, 0.4) is 0 Å². The van der Waals surface area contributed by atoms with E-state index in [1.807, 2.05) is 0 Å². The molecular weight excluding hydrogens is 381 g/mol. The van der Waals surface area contributed by atoms with Gasteiger partial charge >= 0.3 is 5.97 Å². The van der Waals surface area contributed by atoms with Gasteiger partial charge in [0.25, 0.3) is 0 Å². The Kier molecular flexibility index (Phi) is 4.43. The summed E-state index contributed by atoms with van der Waals surface area (Å²) in [5, 5.41) is 1.24. The van der Waals surface area contributed by atoms with Crippen molar-refractivity contribution in [3.8, 4) is 0 Å². The third kappa shape index (κ3) is 2.75. The molecule has 3 N–H and O–H groups in total. The molecule has 0 aliphatic rings. The highest BCUT2D eigenvalue weighted by molar-refractivity contribution is 14.1. The molecule has 100 valence electrons. The number of anilines is 1. The number of benzene rings is 1. The molecule has 19 heavy (non-hydrogen) atoms. The van der Waals surface area contributed by atoms with Gasteiger partial charge in [0.05, 0.1) is 17.8 Å². The van der Waals surface area contributed by atoms with E-state index < -0.39 is 5.97 Å². The van der Waals surface area contributed by atoms with Crippen molar-refractivity contribution < 1.29 is 9.53 Å². The van der Waals surface area contributed by atoms with Gasteiger partial charge in [0.15, 0.2) is 0 Å². The van der Waals surface area contributed by atoms with Gasteiger partial charge in [-0.3, -0.25) is 10.8 Å². The lowest BCUT2D eigenvalue weighted by molar-refractivity contribution is 0.0527. The Hall–Kier alpha value is -1.12. The first kappa shape index (κ1) is 14.3.